The van der Waals surface area contributed by atoms with E-state index in [0.717, 1.165) is 30.4 Å². The molecule has 0 saturated heterocycles. The molecule has 2 N–H and O–H groups in total. The minimum absolute atomic E-state index is 0.211. The first-order valence-electron chi connectivity index (χ1n) is 10.0. The van der Waals surface area contributed by atoms with Crippen LogP contribution in [0.4, 0.5) is 10.7 Å². The zero-order chi connectivity index (χ0) is 21.3. The number of fused-ring (bicyclic) bond motifs is 1. The summed E-state index contributed by atoms with van der Waals surface area (Å²) in [7, 11) is 0. The summed E-state index contributed by atoms with van der Waals surface area (Å²) in [5.41, 5.74) is 3.75. The molecule has 1 atom stereocenters. The predicted octanol–water partition coefficient (Wildman–Crippen LogP) is 6.34. The second-order valence-corrected chi connectivity index (χ2v) is 9.33. The summed E-state index contributed by atoms with van der Waals surface area (Å²) in [5.74, 6) is 0.114. The maximum absolute atomic E-state index is 13.3. The van der Waals surface area contributed by atoms with Crippen LogP contribution >= 0.6 is 22.9 Å². The van der Waals surface area contributed by atoms with E-state index in [0.29, 0.717) is 32.8 Å². The fraction of sp³-hybridized carbons (Fsp3) is 0.250. The highest BCUT2D eigenvalue weighted by Crippen LogP contribution is 2.40. The van der Waals surface area contributed by atoms with Gasteiger partial charge in [-0.15, -0.1) is 11.3 Å². The molecule has 1 aliphatic carbocycles. The molecule has 154 valence electrons. The van der Waals surface area contributed by atoms with E-state index in [9.17, 15) is 9.59 Å². The monoisotopic (exact) mass is 438 g/mol. The van der Waals surface area contributed by atoms with Crippen molar-refractivity contribution in [3.8, 4) is 0 Å². The smallest absolute Gasteiger partial charge is 0.258 e. The highest BCUT2D eigenvalue weighted by Gasteiger charge is 2.28. The van der Waals surface area contributed by atoms with E-state index in [1.165, 1.54) is 16.2 Å². The zero-order valence-electron chi connectivity index (χ0n) is 16.9. The number of aryl methyl sites for hydroxylation is 1. The summed E-state index contributed by atoms with van der Waals surface area (Å²) in [6.07, 6.45) is 2.78. The molecule has 2 amide bonds. The third kappa shape index (κ3) is 4.27. The number of halogens is 1. The van der Waals surface area contributed by atoms with Gasteiger partial charge in [0, 0.05) is 10.4 Å². The maximum Gasteiger partial charge on any atom is 0.258 e. The van der Waals surface area contributed by atoms with Gasteiger partial charge in [0.2, 0.25) is 0 Å². The fourth-order valence-corrected chi connectivity index (χ4v) is 5.37. The average Bonchev–Trinajstić information content (AvgIpc) is 3.06. The number of carbonyl (C=O) groups excluding carboxylic acids is 2. The summed E-state index contributed by atoms with van der Waals surface area (Å²) in [6, 6.07) is 14.6. The Morgan fingerprint density at radius 2 is 1.87 bits per heavy atom. The molecule has 0 saturated carbocycles. The maximum atomic E-state index is 13.3. The van der Waals surface area contributed by atoms with Gasteiger partial charge < -0.3 is 10.6 Å². The number of rotatable bonds is 4. The highest BCUT2D eigenvalue weighted by atomic mass is 35.5. The van der Waals surface area contributed by atoms with Crippen molar-refractivity contribution in [3.05, 3.63) is 80.7 Å². The Morgan fingerprint density at radius 1 is 1.07 bits per heavy atom. The van der Waals surface area contributed by atoms with E-state index < -0.39 is 0 Å². The first kappa shape index (κ1) is 20.6. The van der Waals surface area contributed by atoms with E-state index in [1.54, 1.807) is 18.2 Å². The molecule has 0 radical (unpaired) electrons. The van der Waals surface area contributed by atoms with Gasteiger partial charge in [-0.25, -0.2) is 0 Å². The Balaban J connectivity index is 1.68. The van der Waals surface area contributed by atoms with Crippen LogP contribution in [-0.2, 0) is 12.8 Å². The number of amides is 2. The van der Waals surface area contributed by atoms with Crippen molar-refractivity contribution in [2.75, 3.05) is 10.6 Å². The molecule has 0 bridgehead atoms. The molecule has 0 spiro atoms. The lowest BCUT2D eigenvalue weighted by Gasteiger charge is -2.18. The number of anilines is 2. The van der Waals surface area contributed by atoms with Gasteiger partial charge in [-0.05, 0) is 61.9 Å². The van der Waals surface area contributed by atoms with Crippen LogP contribution in [0.1, 0.15) is 50.1 Å². The molecule has 4 nitrogen and oxygen atoms in total. The normalized spacial score (nSPS) is 15.4. The molecule has 6 heteroatoms. The zero-order valence-corrected chi connectivity index (χ0v) is 18.5. The topological polar surface area (TPSA) is 58.2 Å². The predicted molar refractivity (Wildman–Crippen MR) is 124 cm³/mol. The Morgan fingerprint density at radius 3 is 2.63 bits per heavy atom. The van der Waals surface area contributed by atoms with Crippen LogP contribution in [0.2, 0.25) is 5.02 Å². The summed E-state index contributed by atoms with van der Waals surface area (Å²) in [4.78, 5) is 27.3. The first-order valence-corrected chi connectivity index (χ1v) is 11.2. The highest BCUT2D eigenvalue weighted by molar-refractivity contribution is 7.17. The minimum Gasteiger partial charge on any atom is -0.321 e. The summed E-state index contributed by atoms with van der Waals surface area (Å²) in [6.45, 7) is 4.17. The molecule has 2 aromatic carbocycles. The van der Waals surface area contributed by atoms with Gasteiger partial charge in [-0.3, -0.25) is 9.59 Å². The molecule has 1 aromatic heterocycles. The molecule has 3 aromatic rings. The van der Waals surface area contributed by atoms with Crippen molar-refractivity contribution in [2.45, 2.75) is 33.1 Å². The van der Waals surface area contributed by atoms with Gasteiger partial charge in [-0.1, -0.05) is 48.4 Å². The van der Waals surface area contributed by atoms with E-state index in [1.807, 2.05) is 37.3 Å². The third-order valence-electron chi connectivity index (χ3n) is 5.37. The average molecular weight is 439 g/mol. The van der Waals surface area contributed by atoms with Gasteiger partial charge in [0.1, 0.15) is 5.00 Å². The fourth-order valence-electron chi connectivity index (χ4n) is 3.79. The van der Waals surface area contributed by atoms with Crippen molar-refractivity contribution < 1.29 is 9.59 Å². The van der Waals surface area contributed by atoms with E-state index in [-0.39, 0.29) is 11.8 Å². The molecule has 0 unspecified atom stereocenters. The van der Waals surface area contributed by atoms with Crippen LogP contribution in [0.15, 0.2) is 48.5 Å². The minimum atomic E-state index is -0.241. The number of benzene rings is 2. The Kier molecular flexibility index (Phi) is 5.93. The van der Waals surface area contributed by atoms with Crippen molar-refractivity contribution in [3.63, 3.8) is 0 Å². The molecule has 4 rings (SSSR count). The summed E-state index contributed by atoms with van der Waals surface area (Å²) < 4.78 is 0. The van der Waals surface area contributed by atoms with Crippen LogP contribution < -0.4 is 10.6 Å². The second kappa shape index (κ2) is 8.62. The summed E-state index contributed by atoms with van der Waals surface area (Å²) >= 11 is 7.74. The lowest BCUT2D eigenvalue weighted by molar-refractivity contribution is 0.102. The third-order valence-corrected chi connectivity index (χ3v) is 6.87. The van der Waals surface area contributed by atoms with Gasteiger partial charge in [0.05, 0.1) is 16.3 Å². The number of hydrogen-bond acceptors (Lipinski definition) is 3. The molecule has 1 heterocycles. The van der Waals surface area contributed by atoms with Crippen LogP contribution in [0.5, 0.6) is 0 Å². The van der Waals surface area contributed by atoms with Crippen LogP contribution in [0, 0.1) is 12.8 Å². The number of hydrogen-bond donors (Lipinski definition) is 2. The largest absolute Gasteiger partial charge is 0.321 e. The van der Waals surface area contributed by atoms with Crippen molar-refractivity contribution in [1.29, 1.82) is 0 Å². The van der Waals surface area contributed by atoms with Crippen LogP contribution in [0.3, 0.4) is 0 Å². The second-order valence-electron chi connectivity index (χ2n) is 7.81. The Bertz CT molecular complexity index is 1120. The summed E-state index contributed by atoms with van der Waals surface area (Å²) in [5, 5.41) is 7.00. The van der Waals surface area contributed by atoms with Crippen molar-refractivity contribution in [1.82, 2.24) is 0 Å². The number of carbonyl (C=O) groups is 2. The lowest BCUT2D eigenvalue weighted by atomic mass is 9.88. The first-order chi connectivity index (χ1) is 14.4. The van der Waals surface area contributed by atoms with Gasteiger partial charge in [0.15, 0.2) is 0 Å². The molecule has 0 aliphatic heterocycles. The van der Waals surface area contributed by atoms with Gasteiger partial charge in [0.25, 0.3) is 11.8 Å². The lowest BCUT2D eigenvalue weighted by Crippen LogP contribution is -2.19. The standard InChI is InChI=1S/C24H23ClN2O2S/c1-14-6-5-7-16(12-14)22(28)27-24-21(17-11-10-15(2)13-20(17)30-24)23(29)26-19-9-4-3-8-18(19)25/h3-9,12,15H,10-11,13H2,1-2H3,(H,26,29)(H,27,28)/t15-/m0/s1. The van der Waals surface area contributed by atoms with E-state index >= 15 is 0 Å². The van der Waals surface area contributed by atoms with E-state index in [4.69, 9.17) is 11.6 Å². The van der Waals surface area contributed by atoms with Crippen molar-refractivity contribution in [2.24, 2.45) is 5.92 Å². The Hall–Kier alpha value is -2.63. The quantitative estimate of drug-likeness (QED) is 0.499. The molecule has 30 heavy (non-hydrogen) atoms. The van der Waals surface area contributed by atoms with Crippen LogP contribution in [0.25, 0.3) is 0 Å². The number of thiophene rings is 1. The van der Waals surface area contributed by atoms with E-state index in [2.05, 4.69) is 17.6 Å². The molecule has 1 aliphatic rings. The van der Waals surface area contributed by atoms with Crippen molar-refractivity contribution >= 4 is 45.4 Å². The van der Waals surface area contributed by atoms with Crippen LogP contribution in [-0.4, -0.2) is 11.8 Å². The number of nitrogens with one attached hydrogen (secondary N) is 2. The molecular formula is C24H23ClN2O2S. The van der Waals surface area contributed by atoms with Gasteiger partial charge in [-0.2, -0.15) is 0 Å². The SMILES string of the molecule is Cc1cccc(C(=O)Nc2sc3c(c2C(=O)Nc2ccccc2Cl)CC[C@H](C)C3)c1. The Labute approximate surface area is 185 Å². The molecule has 0 fully saturated rings. The number of para-hydroxylation sites is 1. The van der Waals surface area contributed by atoms with Gasteiger partial charge >= 0.3 is 0 Å². The molecular weight excluding hydrogens is 416 g/mol.